The van der Waals surface area contributed by atoms with Gasteiger partial charge in [0.05, 0.1) is 12.1 Å². The van der Waals surface area contributed by atoms with Crippen molar-refractivity contribution in [1.82, 2.24) is 10.3 Å². The molecule has 0 saturated carbocycles. The van der Waals surface area contributed by atoms with Gasteiger partial charge in [-0.1, -0.05) is 0 Å². The molecule has 84 valence electrons. The number of methoxy groups -OCH3 is 1. The van der Waals surface area contributed by atoms with Crippen LogP contribution in [0.25, 0.3) is 0 Å². The van der Waals surface area contributed by atoms with Gasteiger partial charge in [0, 0.05) is 25.6 Å². The highest BCUT2D eigenvalue weighted by atomic mass is 32.1. The number of carbonyl (C=O) groups excluding carboxylic acids is 1. The molecular formula is C9H15N3O2S. The summed E-state index contributed by atoms with van der Waals surface area (Å²) in [6.45, 7) is 1.29. The zero-order chi connectivity index (χ0) is 11.1. The molecule has 0 aliphatic heterocycles. The van der Waals surface area contributed by atoms with Crippen LogP contribution in [0.15, 0.2) is 5.38 Å². The molecule has 0 fully saturated rings. The second kappa shape index (κ2) is 6.36. The number of carbonyl (C=O) groups is 1. The fourth-order valence-corrected chi connectivity index (χ4v) is 1.64. The molecule has 5 nitrogen and oxygen atoms in total. The van der Waals surface area contributed by atoms with Crippen LogP contribution in [0.4, 0.5) is 5.13 Å². The minimum atomic E-state index is -0.0311. The van der Waals surface area contributed by atoms with E-state index in [0.717, 1.165) is 12.1 Å². The Balaban J connectivity index is 2.18. The Morgan fingerprint density at radius 2 is 2.53 bits per heavy atom. The standard InChI is InChI=1S/C9H15N3O2S/c1-14-4-2-3-11-8(13)5-7-6-15-9(10)12-7/h6H,2-5H2,1H3,(H2,10,12)(H,11,13). The lowest BCUT2D eigenvalue weighted by Gasteiger charge is -2.02. The lowest BCUT2D eigenvalue weighted by Crippen LogP contribution is -2.26. The summed E-state index contributed by atoms with van der Waals surface area (Å²) in [5.41, 5.74) is 6.18. The number of rotatable bonds is 6. The van der Waals surface area contributed by atoms with Crippen LogP contribution in [0, 0.1) is 0 Å². The number of nitrogens with zero attached hydrogens (tertiary/aromatic N) is 1. The molecule has 0 spiro atoms. The molecule has 0 saturated heterocycles. The first-order valence-electron chi connectivity index (χ1n) is 4.68. The predicted octanol–water partition coefficient (Wildman–Crippen LogP) is 0.420. The molecule has 0 atom stereocenters. The van der Waals surface area contributed by atoms with E-state index in [0.29, 0.717) is 24.7 Å². The van der Waals surface area contributed by atoms with Gasteiger partial charge >= 0.3 is 0 Å². The minimum Gasteiger partial charge on any atom is -0.385 e. The van der Waals surface area contributed by atoms with Crippen molar-refractivity contribution in [1.29, 1.82) is 0 Å². The summed E-state index contributed by atoms with van der Waals surface area (Å²) in [6, 6.07) is 0. The number of amides is 1. The summed E-state index contributed by atoms with van der Waals surface area (Å²) < 4.78 is 4.87. The zero-order valence-corrected chi connectivity index (χ0v) is 9.47. The van der Waals surface area contributed by atoms with Gasteiger partial charge in [-0.3, -0.25) is 4.79 Å². The Labute approximate surface area is 92.6 Å². The normalized spacial score (nSPS) is 10.2. The first-order valence-corrected chi connectivity index (χ1v) is 5.56. The number of anilines is 1. The van der Waals surface area contributed by atoms with E-state index in [1.165, 1.54) is 11.3 Å². The van der Waals surface area contributed by atoms with Crippen molar-refractivity contribution >= 4 is 22.4 Å². The Morgan fingerprint density at radius 1 is 1.73 bits per heavy atom. The molecule has 1 aromatic rings. The smallest absolute Gasteiger partial charge is 0.226 e. The zero-order valence-electron chi connectivity index (χ0n) is 8.66. The third-order valence-electron chi connectivity index (χ3n) is 1.76. The molecule has 0 aliphatic carbocycles. The molecule has 1 heterocycles. The largest absolute Gasteiger partial charge is 0.385 e. The first-order chi connectivity index (χ1) is 7.22. The van der Waals surface area contributed by atoms with Crippen LogP contribution in [0.5, 0.6) is 0 Å². The number of hydrogen-bond acceptors (Lipinski definition) is 5. The van der Waals surface area contributed by atoms with Gasteiger partial charge in [-0.05, 0) is 6.42 Å². The van der Waals surface area contributed by atoms with Gasteiger partial charge in [0.2, 0.25) is 5.91 Å². The van der Waals surface area contributed by atoms with E-state index >= 15 is 0 Å². The van der Waals surface area contributed by atoms with Crippen molar-refractivity contribution in [3.8, 4) is 0 Å². The first kappa shape index (κ1) is 11.9. The summed E-state index contributed by atoms with van der Waals surface area (Å²) in [6.07, 6.45) is 1.11. The molecule has 0 unspecified atom stereocenters. The molecule has 0 bridgehead atoms. The number of ether oxygens (including phenoxy) is 1. The van der Waals surface area contributed by atoms with Crippen LogP contribution < -0.4 is 11.1 Å². The maximum atomic E-state index is 11.4. The van der Waals surface area contributed by atoms with E-state index in [1.807, 2.05) is 0 Å². The number of thiazole rings is 1. The summed E-state index contributed by atoms with van der Waals surface area (Å²) in [5, 5.41) is 5.07. The van der Waals surface area contributed by atoms with Gasteiger partial charge in [-0.2, -0.15) is 0 Å². The Kier molecular flexibility index (Phi) is 5.06. The van der Waals surface area contributed by atoms with Crippen LogP contribution in [-0.4, -0.2) is 31.2 Å². The van der Waals surface area contributed by atoms with Crippen LogP contribution >= 0.6 is 11.3 Å². The molecule has 6 heteroatoms. The molecule has 15 heavy (non-hydrogen) atoms. The van der Waals surface area contributed by atoms with Gasteiger partial charge in [0.1, 0.15) is 0 Å². The molecular weight excluding hydrogens is 214 g/mol. The van der Waals surface area contributed by atoms with E-state index in [-0.39, 0.29) is 5.91 Å². The second-order valence-corrected chi connectivity index (χ2v) is 3.94. The van der Waals surface area contributed by atoms with Gasteiger partial charge in [0.15, 0.2) is 5.13 Å². The average Bonchev–Trinajstić information content (AvgIpc) is 2.59. The van der Waals surface area contributed by atoms with Crippen molar-refractivity contribution in [3.63, 3.8) is 0 Å². The Hall–Kier alpha value is -1.14. The highest BCUT2D eigenvalue weighted by Gasteiger charge is 2.05. The van der Waals surface area contributed by atoms with Crippen LogP contribution in [0.2, 0.25) is 0 Å². The summed E-state index contributed by atoms with van der Waals surface area (Å²) in [5.74, 6) is -0.0311. The molecule has 3 N–H and O–H groups in total. The van der Waals surface area contributed by atoms with Crippen LogP contribution in [0.1, 0.15) is 12.1 Å². The second-order valence-electron chi connectivity index (χ2n) is 3.05. The fraction of sp³-hybridized carbons (Fsp3) is 0.556. The van der Waals surface area contributed by atoms with Crippen LogP contribution in [0.3, 0.4) is 0 Å². The van der Waals surface area contributed by atoms with E-state index in [9.17, 15) is 4.79 Å². The maximum absolute atomic E-state index is 11.4. The molecule has 1 rings (SSSR count). The molecule has 0 aliphatic rings. The summed E-state index contributed by atoms with van der Waals surface area (Å²) >= 11 is 1.35. The number of aromatic nitrogens is 1. The monoisotopic (exact) mass is 229 g/mol. The van der Waals surface area contributed by atoms with Crippen molar-refractivity contribution in [2.75, 3.05) is 26.0 Å². The van der Waals surface area contributed by atoms with Gasteiger partial charge in [-0.15, -0.1) is 11.3 Å². The van der Waals surface area contributed by atoms with Crippen LogP contribution in [-0.2, 0) is 16.0 Å². The van der Waals surface area contributed by atoms with Crippen molar-refractivity contribution in [2.45, 2.75) is 12.8 Å². The quantitative estimate of drug-likeness (QED) is 0.693. The lowest BCUT2D eigenvalue weighted by molar-refractivity contribution is -0.120. The van der Waals surface area contributed by atoms with Gasteiger partial charge in [0.25, 0.3) is 0 Å². The van der Waals surface area contributed by atoms with Crippen molar-refractivity contribution in [3.05, 3.63) is 11.1 Å². The summed E-state index contributed by atoms with van der Waals surface area (Å²) in [4.78, 5) is 15.4. The van der Waals surface area contributed by atoms with Crippen molar-refractivity contribution < 1.29 is 9.53 Å². The number of hydrogen-bond donors (Lipinski definition) is 2. The Morgan fingerprint density at radius 3 is 3.13 bits per heavy atom. The summed E-state index contributed by atoms with van der Waals surface area (Å²) in [7, 11) is 1.64. The fourth-order valence-electron chi connectivity index (χ4n) is 1.08. The van der Waals surface area contributed by atoms with Gasteiger partial charge < -0.3 is 15.8 Å². The molecule has 1 amide bonds. The van der Waals surface area contributed by atoms with E-state index in [4.69, 9.17) is 10.5 Å². The third kappa shape index (κ3) is 4.75. The number of nitrogens with two attached hydrogens (primary N) is 1. The molecule has 0 aromatic carbocycles. The highest BCUT2D eigenvalue weighted by molar-refractivity contribution is 7.13. The van der Waals surface area contributed by atoms with E-state index < -0.39 is 0 Å². The van der Waals surface area contributed by atoms with E-state index in [2.05, 4.69) is 10.3 Å². The number of nitrogens with one attached hydrogen (secondary N) is 1. The van der Waals surface area contributed by atoms with E-state index in [1.54, 1.807) is 12.5 Å². The predicted molar refractivity (Wildman–Crippen MR) is 59.7 cm³/mol. The lowest BCUT2D eigenvalue weighted by atomic mass is 10.3. The topological polar surface area (TPSA) is 77.2 Å². The highest BCUT2D eigenvalue weighted by Crippen LogP contribution is 2.10. The van der Waals surface area contributed by atoms with Gasteiger partial charge in [-0.25, -0.2) is 4.98 Å². The maximum Gasteiger partial charge on any atom is 0.226 e. The number of nitrogen functional groups attached to an aromatic ring is 1. The van der Waals surface area contributed by atoms with Crippen molar-refractivity contribution in [2.24, 2.45) is 0 Å². The Bertz CT molecular complexity index is 314. The third-order valence-corrected chi connectivity index (χ3v) is 2.48. The SMILES string of the molecule is COCCCNC(=O)Cc1csc(N)n1. The average molecular weight is 229 g/mol. The minimum absolute atomic E-state index is 0.0311. The molecule has 1 aromatic heterocycles. The molecule has 0 radical (unpaired) electrons.